The van der Waals surface area contributed by atoms with E-state index in [0.717, 1.165) is 11.1 Å². The van der Waals surface area contributed by atoms with E-state index >= 15 is 0 Å². The summed E-state index contributed by atoms with van der Waals surface area (Å²) in [5.74, 6) is -0.903. The van der Waals surface area contributed by atoms with Crippen LogP contribution in [0.4, 0.5) is 0 Å². The Morgan fingerprint density at radius 2 is 1.83 bits per heavy atom. The SMILES string of the molecule is COc1cccc(/C(O)=C2/C(=O)C(=O)N(CCN(C)C)C2c2ccc(C)cc2)c1. The standard InChI is InChI=1S/C23H26N2O4/c1-15-8-10-16(11-9-15)20-19(21(26)17-6-5-7-18(14-17)29-4)22(27)23(28)25(20)13-12-24(2)3/h5-11,14,20,26H,12-13H2,1-4H3/b21-19-. The molecule has 152 valence electrons. The fourth-order valence-electron chi connectivity index (χ4n) is 3.44. The normalized spacial score (nSPS) is 18.5. The lowest BCUT2D eigenvalue weighted by molar-refractivity contribution is -0.140. The van der Waals surface area contributed by atoms with Crippen molar-refractivity contribution >= 4 is 17.4 Å². The van der Waals surface area contributed by atoms with Crippen molar-refractivity contribution in [2.45, 2.75) is 13.0 Å². The van der Waals surface area contributed by atoms with Crippen molar-refractivity contribution in [3.05, 3.63) is 70.8 Å². The molecule has 3 rings (SSSR count). The maximum atomic E-state index is 12.9. The Morgan fingerprint density at radius 1 is 1.14 bits per heavy atom. The summed E-state index contributed by atoms with van der Waals surface area (Å²) in [7, 11) is 5.35. The molecule has 2 aromatic rings. The summed E-state index contributed by atoms with van der Waals surface area (Å²) in [6, 6.07) is 13.9. The van der Waals surface area contributed by atoms with Gasteiger partial charge in [0.05, 0.1) is 18.7 Å². The Bertz CT molecular complexity index is 948. The third-order valence-electron chi connectivity index (χ3n) is 5.06. The Morgan fingerprint density at radius 3 is 2.45 bits per heavy atom. The van der Waals surface area contributed by atoms with Gasteiger partial charge in [-0.05, 0) is 38.7 Å². The molecule has 1 fully saturated rings. The van der Waals surface area contributed by atoms with Crippen molar-refractivity contribution in [3.63, 3.8) is 0 Å². The Balaban J connectivity index is 2.14. The van der Waals surface area contributed by atoms with E-state index in [4.69, 9.17) is 4.74 Å². The number of carbonyl (C=O) groups is 2. The van der Waals surface area contributed by atoms with Crippen LogP contribution in [0.15, 0.2) is 54.1 Å². The number of aliphatic hydroxyl groups is 1. The minimum Gasteiger partial charge on any atom is -0.507 e. The van der Waals surface area contributed by atoms with E-state index in [1.165, 1.54) is 7.11 Å². The number of ether oxygens (including phenoxy) is 1. The molecule has 1 heterocycles. The maximum Gasteiger partial charge on any atom is 0.295 e. The molecule has 0 radical (unpaired) electrons. The molecule has 1 atom stereocenters. The summed E-state index contributed by atoms with van der Waals surface area (Å²) in [5.41, 5.74) is 2.41. The van der Waals surface area contributed by atoms with Gasteiger partial charge in [0.15, 0.2) is 0 Å². The molecule has 1 N–H and O–H groups in total. The largest absolute Gasteiger partial charge is 0.507 e. The summed E-state index contributed by atoms with van der Waals surface area (Å²) in [4.78, 5) is 29.2. The van der Waals surface area contributed by atoms with Gasteiger partial charge in [0, 0.05) is 18.7 Å². The first-order chi connectivity index (χ1) is 13.8. The number of methoxy groups -OCH3 is 1. The summed E-state index contributed by atoms with van der Waals surface area (Å²) in [5, 5.41) is 11.0. The van der Waals surface area contributed by atoms with Crippen LogP contribution in [0, 0.1) is 6.92 Å². The fraction of sp³-hybridized carbons (Fsp3) is 0.304. The predicted octanol–water partition coefficient (Wildman–Crippen LogP) is 2.99. The van der Waals surface area contributed by atoms with Gasteiger partial charge in [0.2, 0.25) is 0 Å². The first-order valence-electron chi connectivity index (χ1n) is 9.47. The van der Waals surface area contributed by atoms with Crippen molar-refractivity contribution in [3.8, 4) is 5.75 Å². The highest BCUT2D eigenvalue weighted by atomic mass is 16.5. The number of benzene rings is 2. The van der Waals surface area contributed by atoms with Crippen LogP contribution in [0.25, 0.3) is 5.76 Å². The van der Waals surface area contributed by atoms with Crippen LogP contribution in [-0.2, 0) is 9.59 Å². The lowest BCUT2D eigenvalue weighted by Crippen LogP contribution is -2.35. The van der Waals surface area contributed by atoms with Crippen molar-refractivity contribution in [2.75, 3.05) is 34.3 Å². The van der Waals surface area contributed by atoms with Gasteiger partial charge in [-0.25, -0.2) is 0 Å². The predicted molar refractivity (Wildman–Crippen MR) is 112 cm³/mol. The van der Waals surface area contributed by atoms with Crippen molar-refractivity contribution in [2.24, 2.45) is 0 Å². The molecule has 0 bridgehead atoms. The number of rotatable bonds is 6. The van der Waals surface area contributed by atoms with Gasteiger partial charge >= 0.3 is 0 Å². The topological polar surface area (TPSA) is 70.1 Å². The van der Waals surface area contributed by atoms with Crippen LogP contribution < -0.4 is 4.74 Å². The number of amides is 1. The highest BCUT2D eigenvalue weighted by Gasteiger charge is 2.45. The highest BCUT2D eigenvalue weighted by Crippen LogP contribution is 2.39. The smallest absolute Gasteiger partial charge is 0.295 e. The molecular formula is C23H26N2O4. The van der Waals surface area contributed by atoms with E-state index in [9.17, 15) is 14.7 Å². The van der Waals surface area contributed by atoms with E-state index < -0.39 is 17.7 Å². The molecule has 0 saturated carbocycles. The average Bonchev–Trinajstić information content (AvgIpc) is 2.97. The Labute approximate surface area is 171 Å². The fourth-order valence-corrected chi connectivity index (χ4v) is 3.44. The number of hydrogen-bond donors (Lipinski definition) is 1. The van der Waals surface area contributed by atoms with Crippen molar-refractivity contribution in [1.29, 1.82) is 0 Å². The maximum absolute atomic E-state index is 12.9. The molecule has 0 spiro atoms. The Hall–Kier alpha value is -3.12. The van der Waals surface area contributed by atoms with Crippen LogP contribution in [-0.4, -0.2) is 60.9 Å². The van der Waals surface area contributed by atoms with E-state index in [2.05, 4.69) is 0 Å². The van der Waals surface area contributed by atoms with E-state index in [1.807, 2.05) is 50.2 Å². The molecule has 6 heteroatoms. The number of carbonyl (C=O) groups excluding carboxylic acids is 2. The number of likely N-dealkylation sites (N-methyl/N-ethyl adjacent to an activating group) is 1. The summed E-state index contributed by atoms with van der Waals surface area (Å²) in [6.45, 7) is 2.96. The van der Waals surface area contributed by atoms with Crippen molar-refractivity contribution in [1.82, 2.24) is 9.80 Å². The molecule has 0 aromatic heterocycles. The molecule has 1 aliphatic heterocycles. The number of nitrogens with zero attached hydrogens (tertiary/aromatic N) is 2. The van der Waals surface area contributed by atoms with Gasteiger partial charge in [-0.15, -0.1) is 0 Å². The van der Waals surface area contributed by atoms with Crippen LogP contribution >= 0.6 is 0 Å². The molecule has 29 heavy (non-hydrogen) atoms. The van der Waals surface area contributed by atoms with Gasteiger partial charge in [0.1, 0.15) is 11.5 Å². The quantitative estimate of drug-likeness (QED) is 0.463. The minimum atomic E-state index is -0.672. The summed E-state index contributed by atoms with van der Waals surface area (Å²) >= 11 is 0. The average molecular weight is 394 g/mol. The molecule has 1 unspecified atom stereocenters. The molecule has 1 amide bonds. The van der Waals surface area contributed by atoms with Gasteiger partial charge in [-0.3, -0.25) is 9.59 Å². The zero-order valence-electron chi connectivity index (χ0n) is 17.2. The zero-order valence-corrected chi connectivity index (χ0v) is 17.2. The first-order valence-corrected chi connectivity index (χ1v) is 9.47. The second-order valence-electron chi connectivity index (χ2n) is 7.44. The molecule has 0 aliphatic carbocycles. The molecular weight excluding hydrogens is 368 g/mol. The van der Waals surface area contributed by atoms with Crippen LogP contribution in [0.2, 0.25) is 0 Å². The Kier molecular flexibility index (Phi) is 6.03. The molecule has 2 aromatic carbocycles. The van der Waals surface area contributed by atoms with E-state index in [-0.39, 0.29) is 11.3 Å². The third-order valence-corrected chi connectivity index (χ3v) is 5.06. The van der Waals surface area contributed by atoms with Gasteiger partial charge in [-0.1, -0.05) is 42.0 Å². The second-order valence-corrected chi connectivity index (χ2v) is 7.44. The first kappa shape index (κ1) is 20.6. The number of hydrogen-bond acceptors (Lipinski definition) is 5. The van der Waals surface area contributed by atoms with Crippen molar-refractivity contribution < 1.29 is 19.4 Å². The van der Waals surface area contributed by atoms with Crippen LogP contribution in [0.5, 0.6) is 5.75 Å². The number of aliphatic hydroxyl groups excluding tert-OH is 1. The molecule has 1 aliphatic rings. The number of aryl methyl sites for hydroxylation is 1. The lowest BCUT2D eigenvalue weighted by Gasteiger charge is -2.26. The van der Waals surface area contributed by atoms with Gasteiger partial charge < -0.3 is 19.6 Å². The zero-order chi connectivity index (χ0) is 21.1. The van der Waals surface area contributed by atoms with Gasteiger partial charge in [0.25, 0.3) is 11.7 Å². The lowest BCUT2D eigenvalue weighted by atomic mass is 9.94. The number of ketones is 1. The number of Topliss-reactive ketones (excluding diaryl/α,β-unsaturated/α-hetero) is 1. The van der Waals surface area contributed by atoms with Crippen LogP contribution in [0.3, 0.4) is 0 Å². The minimum absolute atomic E-state index is 0.103. The molecule has 6 nitrogen and oxygen atoms in total. The highest BCUT2D eigenvalue weighted by molar-refractivity contribution is 6.46. The van der Waals surface area contributed by atoms with E-state index in [1.54, 1.807) is 29.2 Å². The second kappa shape index (κ2) is 8.49. The van der Waals surface area contributed by atoms with E-state index in [0.29, 0.717) is 24.4 Å². The summed E-state index contributed by atoms with van der Waals surface area (Å²) in [6.07, 6.45) is 0. The van der Waals surface area contributed by atoms with Crippen LogP contribution in [0.1, 0.15) is 22.7 Å². The molecule has 1 saturated heterocycles. The third kappa shape index (κ3) is 4.17. The number of likely N-dealkylation sites (tertiary alicyclic amines) is 1. The summed E-state index contributed by atoms with van der Waals surface area (Å²) < 4.78 is 5.22. The monoisotopic (exact) mass is 394 g/mol. The van der Waals surface area contributed by atoms with Gasteiger partial charge in [-0.2, -0.15) is 0 Å².